The molecule has 98 valence electrons. The number of carbonyl (C=O) groups excluding carboxylic acids is 3. The Morgan fingerprint density at radius 3 is 2.58 bits per heavy atom. The van der Waals surface area contributed by atoms with Crippen LogP contribution in [-0.4, -0.2) is 28.7 Å². The molecule has 19 heavy (non-hydrogen) atoms. The van der Waals surface area contributed by atoms with Gasteiger partial charge in [0.25, 0.3) is 5.91 Å². The van der Waals surface area contributed by atoms with Gasteiger partial charge in [0.15, 0.2) is 0 Å². The van der Waals surface area contributed by atoms with Crippen LogP contribution >= 0.6 is 0 Å². The van der Waals surface area contributed by atoms with Crippen LogP contribution in [0.4, 0.5) is 0 Å². The molecule has 0 N–H and O–H groups in total. The molecule has 0 bridgehead atoms. The monoisotopic (exact) mass is 258 g/mol. The molecule has 0 unspecified atom stereocenters. The first-order chi connectivity index (χ1) is 9.09. The molecule has 5 nitrogen and oxygen atoms in total. The van der Waals surface area contributed by atoms with Crippen LogP contribution in [0.1, 0.15) is 18.4 Å². The molecule has 0 saturated carbocycles. The molecule has 1 aliphatic rings. The Morgan fingerprint density at radius 1 is 1.26 bits per heavy atom. The van der Waals surface area contributed by atoms with Crippen LogP contribution in [0.5, 0.6) is 0 Å². The van der Waals surface area contributed by atoms with Crippen molar-refractivity contribution in [3.05, 3.63) is 42.0 Å². The topological polar surface area (TPSA) is 77.5 Å². The van der Waals surface area contributed by atoms with E-state index in [2.05, 4.69) is 0 Å². The van der Waals surface area contributed by atoms with E-state index in [1.165, 1.54) is 6.08 Å². The summed E-state index contributed by atoms with van der Waals surface area (Å²) in [4.78, 5) is 35.0. The lowest BCUT2D eigenvalue weighted by Crippen LogP contribution is -2.48. The summed E-state index contributed by atoms with van der Waals surface area (Å²) >= 11 is 0. The van der Waals surface area contributed by atoms with Crippen molar-refractivity contribution in [1.82, 2.24) is 4.90 Å². The van der Waals surface area contributed by atoms with E-state index in [4.69, 9.17) is 0 Å². The van der Waals surface area contributed by atoms with Crippen LogP contribution in [0.2, 0.25) is 0 Å². The molecule has 1 aromatic carbocycles. The Hall–Kier alpha value is -2.43. The molecule has 2 rings (SSSR count). The van der Waals surface area contributed by atoms with E-state index in [0.717, 1.165) is 10.5 Å². The number of likely N-dealkylation sites (tertiary alicyclic amines) is 1. The number of benzene rings is 1. The molecule has 0 radical (unpaired) electrons. The second-order valence-electron chi connectivity index (χ2n) is 4.22. The third-order valence-electron chi connectivity index (χ3n) is 2.94. The number of hydrogen-bond acceptors (Lipinski definition) is 4. The summed E-state index contributed by atoms with van der Waals surface area (Å²) in [6, 6.07) is 7.91. The quantitative estimate of drug-likeness (QED) is 0.713. The van der Waals surface area contributed by atoms with Gasteiger partial charge in [-0.25, -0.2) is 0 Å². The first-order valence-corrected chi connectivity index (χ1v) is 5.89. The summed E-state index contributed by atoms with van der Waals surface area (Å²) in [6.45, 7) is 0. The van der Waals surface area contributed by atoms with Crippen LogP contribution < -0.4 is 5.11 Å². The summed E-state index contributed by atoms with van der Waals surface area (Å²) in [5, 5.41) is 10.9. The van der Waals surface area contributed by atoms with Crippen molar-refractivity contribution in [3.8, 4) is 0 Å². The molecule has 1 saturated heterocycles. The summed E-state index contributed by atoms with van der Waals surface area (Å²) in [6.07, 6.45) is 2.92. The molecule has 1 aliphatic heterocycles. The highest BCUT2D eigenvalue weighted by atomic mass is 16.4. The van der Waals surface area contributed by atoms with Gasteiger partial charge in [0.2, 0.25) is 5.91 Å². The predicted octanol–water partition coefficient (Wildman–Crippen LogP) is -0.0327. The fourth-order valence-corrected chi connectivity index (χ4v) is 2.00. The zero-order chi connectivity index (χ0) is 13.8. The standard InChI is InChI=1S/C14H13NO4/c16-12(8-6-10-4-2-1-3-5-10)15-11(14(18)19)7-9-13(15)17/h1-6,8,11H,7,9H2,(H,18,19)/p-1/b8-6+/t11-/m1/s1. The number of imide groups is 1. The lowest BCUT2D eigenvalue weighted by Gasteiger charge is -2.22. The first kappa shape index (κ1) is 13.0. The van der Waals surface area contributed by atoms with Crippen molar-refractivity contribution in [3.63, 3.8) is 0 Å². The van der Waals surface area contributed by atoms with Gasteiger partial charge >= 0.3 is 0 Å². The molecule has 2 amide bonds. The average molecular weight is 258 g/mol. The summed E-state index contributed by atoms with van der Waals surface area (Å²) in [7, 11) is 0. The van der Waals surface area contributed by atoms with E-state index in [0.29, 0.717) is 0 Å². The van der Waals surface area contributed by atoms with Crippen molar-refractivity contribution in [1.29, 1.82) is 0 Å². The van der Waals surface area contributed by atoms with E-state index >= 15 is 0 Å². The van der Waals surface area contributed by atoms with Gasteiger partial charge in [-0.15, -0.1) is 0 Å². The SMILES string of the molecule is O=C([O-])[C@H]1CCC(=O)N1C(=O)/C=C/c1ccccc1. The van der Waals surface area contributed by atoms with Crippen molar-refractivity contribution in [2.45, 2.75) is 18.9 Å². The highest BCUT2D eigenvalue weighted by Gasteiger charge is 2.35. The van der Waals surface area contributed by atoms with Crippen LogP contribution in [-0.2, 0) is 14.4 Å². The van der Waals surface area contributed by atoms with Crippen molar-refractivity contribution in [2.24, 2.45) is 0 Å². The normalized spacial score (nSPS) is 19.1. The third-order valence-corrected chi connectivity index (χ3v) is 2.94. The molecule has 1 aromatic rings. The lowest BCUT2D eigenvalue weighted by molar-refractivity contribution is -0.310. The molecular weight excluding hydrogens is 246 g/mol. The van der Waals surface area contributed by atoms with Gasteiger partial charge in [-0.05, 0) is 18.1 Å². The molecule has 0 aromatic heterocycles. The van der Waals surface area contributed by atoms with Crippen LogP contribution in [0, 0.1) is 0 Å². The fourth-order valence-electron chi connectivity index (χ4n) is 2.00. The Labute approximate surface area is 110 Å². The number of carboxylic acid groups (broad SMARTS) is 1. The Kier molecular flexibility index (Phi) is 3.75. The summed E-state index contributed by atoms with van der Waals surface area (Å²) in [5.41, 5.74) is 0.799. The van der Waals surface area contributed by atoms with E-state index in [-0.39, 0.29) is 12.8 Å². The largest absolute Gasteiger partial charge is 0.548 e. The molecular formula is C14H12NO4-. The first-order valence-electron chi connectivity index (χ1n) is 5.89. The third kappa shape index (κ3) is 2.88. The summed E-state index contributed by atoms with van der Waals surface area (Å²) < 4.78 is 0. The van der Waals surface area contributed by atoms with Gasteiger partial charge in [0, 0.05) is 12.5 Å². The zero-order valence-corrected chi connectivity index (χ0v) is 10.1. The van der Waals surface area contributed by atoms with Crippen LogP contribution in [0.15, 0.2) is 36.4 Å². The van der Waals surface area contributed by atoms with E-state index in [1.807, 2.05) is 18.2 Å². The predicted molar refractivity (Wildman–Crippen MR) is 65.4 cm³/mol. The maximum atomic E-state index is 11.9. The number of aliphatic carboxylic acids is 1. The number of amides is 2. The highest BCUT2D eigenvalue weighted by Crippen LogP contribution is 2.19. The average Bonchev–Trinajstić information content (AvgIpc) is 2.79. The van der Waals surface area contributed by atoms with Crippen molar-refractivity contribution in [2.75, 3.05) is 0 Å². The van der Waals surface area contributed by atoms with E-state index in [1.54, 1.807) is 18.2 Å². The molecule has 1 fully saturated rings. The maximum Gasteiger partial charge on any atom is 0.253 e. The molecule has 1 atom stereocenters. The van der Waals surface area contributed by atoms with Gasteiger partial charge < -0.3 is 9.90 Å². The number of hydrogen-bond donors (Lipinski definition) is 0. The molecule has 0 spiro atoms. The van der Waals surface area contributed by atoms with E-state index < -0.39 is 23.8 Å². The van der Waals surface area contributed by atoms with Crippen molar-refractivity contribution < 1.29 is 19.5 Å². The smallest absolute Gasteiger partial charge is 0.253 e. The Balaban J connectivity index is 2.13. The second kappa shape index (κ2) is 5.48. The minimum absolute atomic E-state index is 0.0591. The number of rotatable bonds is 3. The number of carboxylic acids is 1. The van der Waals surface area contributed by atoms with Crippen LogP contribution in [0.25, 0.3) is 6.08 Å². The Morgan fingerprint density at radius 2 is 1.95 bits per heavy atom. The number of nitrogens with zero attached hydrogens (tertiary/aromatic N) is 1. The van der Waals surface area contributed by atoms with Gasteiger partial charge in [-0.1, -0.05) is 30.3 Å². The van der Waals surface area contributed by atoms with Gasteiger partial charge in [-0.3, -0.25) is 14.5 Å². The minimum Gasteiger partial charge on any atom is -0.548 e. The highest BCUT2D eigenvalue weighted by molar-refractivity contribution is 6.06. The lowest BCUT2D eigenvalue weighted by atomic mass is 10.2. The Bertz CT molecular complexity index is 536. The van der Waals surface area contributed by atoms with Gasteiger partial charge in [0.05, 0.1) is 12.0 Å². The fraction of sp³-hybridized carbons (Fsp3) is 0.214. The van der Waals surface area contributed by atoms with Crippen LogP contribution in [0.3, 0.4) is 0 Å². The van der Waals surface area contributed by atoms with Gasteiger partial charge in [-0.2, -0.15) is 0 Å². The second-order valence-corrected chi connectivity index (χ2v) is 4.22. The minimum atomic E-state index is -1.40. The van der Waals surface area contributed by atoms with Gasteiger partial charge in [0.1, 0.15) is 0 Å². The molecule has 1 heterocycles. The summed E-state index contributed by atoms with van der Waals surface area (Å²) in [5.74, 6) is -2.50. The maximum absolute atomic E-state index is 11.9. The zero-order valence-electron chi connectivity index (χ0n) is 10.1. The molecule has 0 aliphatic carbocycles. The van der Waals surface area contributed by atoms with E-state index in [9.17, 15) is 19.5 Å². The number of carbonyl (C=O) groups is 3. The molecule has 5 heteroatoms. The van der Waals surface area contributed by atoms with Crippen molar-refractivity contribution >= 4 is 23.9 Å².